The second kappa shape index (κ2) is 5.52. The molecule has 1 atom stereocenters. The van der Waals surface area contributed by atoms with Crippen molar-refractivity contribution in [1.29, 1.82) is 0 Å². The van der Waals surface area contributed by atoms with Gasteiger partial charge in [0.1, 0.15) is 6.04 Å². The number of carbonyl (C=O) groups excluding carboxylic acids is 1. The molecule has 3 rings (SSSR count). The Hall–Kier alpha value is -1.82. The van der Waals surface area contributed by atoms with Crippen molar-refractivity contribution in [2.45, 2.75) is 19.4 Å². The summed E-state index contributed by atoms with van der Waals surface area (Å²) >= 11 is 3.57. The van der Waals surface area contributed by atoms with Gasteiger partial charge in [-0.3, -0.25) is 9.48 Å². The zero-order chi connectivity index (χ0) is 15.0. The minimum Gasteiger partial charge on any atom is -0.373 e. The van der Waals surface area contributed by atoms with Gasteiger partial charge in [0.05, 0.1) is 11.9 Å². The zero-order valence-electron chi connectivity index (χ0n) is 12.0. The number of anilines is 2. The summed E-state index contributed by atoms with van der Waals surface area (Å²) in [5, 5.41) is 7.47. The quantitative estimate of drug-likeness (QED) is 0.927. The van der Waals surface area contributed by atoms with Crippen LogP contribution in [-0.2, 0) is 11.8 Å². The van der Waals surface area contributed by atoms with Crippen LogP contribution in [0.15, 0.2) is 35.1 Å². The van der Waals surface area contributed by atoms with Gasteiger partial charge in [-0.1, -0.05) is 12.1 Å². The number of hydrogen-bond acceptors (Lipinski definition) is 3. The largest absolute Gasteiger partial charge is 0.373 e. The van der Waals surface area contributed by atoms with Gasteiger partial charge >= 0.3 is 0 Å². The fraction of sp³-hybridized carbons (Fsp3) is 0.333. The van der Waals surface area contributed by atoms with Gasteiger partial charge < -0.3 is 10.2 Å². The van der Waals surface area contributed by atoms with Gasteiger partial charge in [-0.15, -0.1) is 0 Å². The molecule has 5 nitrogen and oxygen atoms in total. The van der Waals surface area contributed by atoms with E-state index in [2.05, 4.69) is 26.3 Å². The summed E-state index contributed by atoms with van der Waals surface area (Å²) in [6, 6.07) is 5.81. The van der Waals surface area contributed by atoms with E-state index in [-0.39, 0.29) is 11.9 Å². The van der Waals surface area contributed by atoms with Crippen molar-refractivity contribution < 1.29 is 4.79 Å². The number of aromatic nitrogens is 2. The van der Waals surface area contributed by atoms with E-state index in [1.54, 1.807) is 15.8 Å². The highest BCUT2D eigenvalue weighted by Crippen LogP contribution is 2.29. The molecule has 1 aliphatic rings. The van der Waals surface area contributed by atoms with Crippen molar-refractivity contribution in [3.05, 3.63) is 40.6 Å². The third-order valence-electron chi connectivity index (χ3n) is 3.73. The minimum atomic E-state index is -0.191. The van der Waals surface area contributed by atoms with Crippen LogP contribution in [0.5, 0.6) is 0 Å². The Balaban J connectivity index is 1.76. The first kappa shape index (κ1) is 14.1. The predicted molar refractivity (Wildman–Crippen MR) is 86.5 cm³/mol. The van der Waals surface area contributed by atoms with Gasteiger partial charge in [0, 0.05) is 29.9 Å². The highest BCUT2D eigenvalue weighted by atomic mass is 79.9. The molecule has 1 amide bonds. The van der Waals surface area contributed by atoms with Gasteiger partial charge in [0.15, 0.2) is 0 Å². The number of amides is 1. The van der Waals surface area contributed by atoms with Crippen molar-refractivity contribution in [3.63, 3.8) is 0 Å². The van der Waals surface area contributed by atoms with Gasteiger partial charge in [0.2, 0.25) is 5.91 Å². The molecule has 6 heteroatoms. The van der Waals surface area contributed by atoms with Gasteiger partial charge in [0.25, 0.3) is 0 Å². The van der Waals surface area contributed by atoms with E-state index in [9.17, 15) is 4.79 Å². The number of aryl methyl sites for hydroxylation is 2. The number of nitrogens with one attached hydrogen (secondary N) is 1. The second-order valence-corrected chi connectivity index (χ2v) is 6.08. The summed E-state index contributed by atoms with van der Waals surface area (Å²) in [5.74, 6) is 0.0939. The average Bonchev–Trinajstić information content (AvgIpc) is 3.02. The van der Waals surface area contributed by atoms with Crippen molar-refractivity contribution in [1.82, 2.24) is 9.78 Å². The van der Waals surface area contributed by atoms with Crippen LogP contribution in [-0.4, -0.2) is 28.3 Å². The summed E-state index contributed by atoms with van der Waals surface area (Å²) in [5.41, 5.74) is 2.96. The molecule has 0 radical (unpaired) electrons. The molecular formula is C15H17BrN4O. The molecule has 2 aromatic rings. The van der Waals surface area contributed by atoms with Crippen LogP contribution < -0.4 is 10.2 Å². The molecule has 1 fully saturated rings. The van der Waals surface area contributed by atoms with Crippen LogP contribution >= 0.6 is 15.9 Å². The predicted octanol–water partition coefficient (Wildman–Crippen LogP) is 2.71. The highest BCUT2D eigenvalue weighted by molar-refractivity contribution is 9.10. The number of carbonyl (C=O) groups is 1. The van der Waals surface area contributed by atoms with E-state index in [0.29, 0.717) is 6.54 Å². The lowest BCUT2D eigenvalue weighted by atomic mass is 10.2. The van der Waals surface area contributed by atoms with E-state index in [1.165, 1.54) is 0 Å². The highest BCUT2D eigenvalue weighted by Gasteiger charge is 2.33. The Kier molecular flexibility index (Phi) is 3.71. The second-order valence-electron chi connectivity index (χ2n) is 5.28. The van der Waals surface area contributed by atoms with E-state index >= 15 is 0 Å². The third-order valence-corrected chi connectivity index (χ3v) is 4.78. The normalized spacial score (nSPS) is 18.3. The molecule has 1 saturated heterocycles. The molecule has 1 aliphatic heterocycles. The van der Waals surface area contributed by atoms with Crippen molar-refractivity contribution in [3.8, 4) is 0 Å². The maximum absolute atomic E-state index is 12.5. The summed E-state index contributed by atoms with van der Waals surface area (Å²) in [4.78, 5) is 14.3. The van der Waals surface area contributed by atoms with Gasteiger partial charge in [-0.2, -0.15) is 5.10 Å². The number of hydrogen-bond donors (Lipinski definition) is 1. The first-order valence-corrected chi connectivity index (χ1v) is 7.67. The molecule has 0 saturated carbocycles. The Labute approximate surface area is 132 Å². The summed E-state index contributed by atoms with van der Waals surface area (Å²) in [6.45, 7) is 2.75. The molecule has 110 valence electrons. The van der Waals surface area contributed by atoms with E-state index in [1.807, 2.05) is 38.4 Å². The lowest BCUT2D eigenvalue weighted by molar-refractivity contribution is -0.117. The maximum Gasteiger partial charge on any atom is 0.249 e. The number of benzene rings is 1. The Morgan fingerprint density at radius 2 is 2.24 bits per heavy atom. The van der Waals surface area contributed by atoms with Crippen LogP contribution in [0.4, 0.5) is 11.4 Å². The van der Waals surface area contributed by atoms with E-state index < -0.39 is 0 Å². The van der Waals surface area contributed by atoms with Gasteiger partial charge in [-0.05, 0) is 40.9 Å². The SMILES string of the molecule is Cc1cccc(N[C@H]2CCN(c3cnn(C)c3)C2=O)c1Br. The molecule has 1 aromatic carbocycles. The van der Waals surface area contributed by atoms with E-state index in [4.69, 9.17) is 0 Å². The van der Waals surface area contributed by atoms with Crippen LogP contribution in [0.25, 0.3) is 0 Å². The fourth-order valence-electron chi connectivity index (χ4n) is 2.56. The van der Waals surface area contributed by atoms with Crippen molar-refractivity contribution in [2.24, 2.45) is 7.05 Å². The Morgan fingerprint density at radius 3 is 2.95 bits per heavy atom. The molecule has 1 N–H and O–H groups in total. The Bertz CT molecular complexity index is 682. The van der Waals surface area contributed by atoms with Crippen LogP contribution in [0, 0.1) is 6.92 Å². The van der Waals surface area contributed by atoms with Crippen LogP contribution in [0.1, 0.15) is 12.0 Å². The van der Waals surface area contributed by atoms with Gasteiger partial charge in [-0.25, -0.2) is 0 Å². The van der Waals surface area contributed by atoms with Crippen molar-refractivity contribution >= 4 is 33.2 Å². The standard InChI is InChI=1S/C15H17BrN4O/c1-10-4-3-5-12(14(10)16)18-13-6-7-20(15(13)21)11-8-17-19(2)9-11/h3-5,8-9,13,18H,6-7H2,1-2H3/t13-/m0/s1. The summed E-state index contributed by atoms with van der Waals surface area (Å²) in [7, 11) is 1.85. The lowest BCUT2D eigenvalue weighted by Crippen LogP contribution is -2.33. The maximum atomic E-state index is 12.5. The van der Waals surface area contributed by atoms with Crippen molar-refractivity contribution in [2.75, 3.05) is 16.8 Å². The minimum absolute atomic E-state index is 0.0939. The Morgan fingerprint density at radius 1 is 1.43 bits per heavy atom. The molecule has 21 heavy (non-hydrogen) atoms. The average molecular weight is 349 g/mol. The molecule has 1 aromatic heterocycles. The lowest BCUT2D eigenvalue weighted by Gasteiger charge is -2.17. The smallest absolute Gasteiger partial charge is 0.249 e. The summed E-state index contributed by atoms with van der Waals surface area (Å²) < 4.78 is 2.72. The zero-order valence-corrected chi connectivity index (χ0v) is 13.6. The van der Waals surface area contributed by atoms with Crippen LogP contribution in [0.2, 0.25) is 0 Å². The monoisotopic (exact) mass is 348 g/mol. The number of halogens is 1. The number of nitrogens with zero attached hydrogens (tertiary/aromatic N) is 3. The summed E-state index contributed by atoms with van der Waals surface area (Å²) in [6.07, 6.45) is 4.37. The van der Waals surface area contributed by atoms with Crippen LogP contribution in [0.3, 0.4) is 0 Å². The topological polar surface area (TPSA) is 50.2 Å². The molecule has 0 spiro atoms. The molecule has 0 aliphatic carbocycles. The van der Waals surface area contributed by atoms with E-state index in [0.717, 1.165) is 27.8 Å². The fourth-order valence-corrected chi connectivity index (χ4v) is 2.94. The molecule has 2 heterocycles. The first-order valence-electron chi connectivity index (χ1n) is 6.88. The first-order chi connectivity index (χ1) is 10.1. The molecular weight excluding hydrogens is 332 g/mol. The number of rotatable bonds is 3. The molecule has 0 bridgehead atoms. The molecule has 0 unspecified atom stereocenters. The third kappa shape index (κ3) is 2.68.